The van der Waals surface area contributed by atoms with Crippen LogP contribution in [0.5, 0.6) is 0 Å². The molecule has 4 aromatic rings. The number of para-hydroxylation sites is 2. The SMILES string of the molecule is N#C/C(=C/c1ccc(Sc2nc3ccccc3[nH]2)o1)c1ccc(C(=O)[O-])cc1. The van der Waals surface area contributed by atoms with Gasteiger partial charge in [-0.3, -0.25) is 0 Å². The van der Waals surface area contributed by atoms with Crippen LogP contribution in [-0.4, -0.2) is 15.9 Å². The molecule has 28 heavy (non-hydrogen) atoms. The molecule has 0 aliphatic heterocycles. The number of aromatic nitrogens is 2. The molecule has 1 N–H and O–H groups in total. The van der Waals surface area contributed by atoms with Gasteiger partial charge >= 0.3 is 0 Å². The number of carboxylic acids is 1. The van der Waals surface area contributed by atoms with E-state index in [1.165, 1.54) is 23.9 Å². The Morgan fingerprint density at radius 2 is 1.86 bits per heavy atom. The van der Waals surface area contributed by atoms with Crippen LogP contribution in [0.3, 0.4) is 0 Å². The van der Waals surface area contributed by atoms with Crippen LogP contribution in [0, 0.1) is 11.3 Å². The number of rotatable bonds is 5. The van der Waals surface area contributed by atoms with Crippen molar-refractivity contribution in [3.63, 3.8) is 0 Å². The third-order valence-electron chi connectivity index (χ3n) is 4.01. The molecule has 2 aromatic carbocycles. The van der Waals surface area contributed by atoms with Crippen LogP contribution in [0.2, 0.25) is 0 Å². The Labute approximate surface area is 164 Å². The van der Waals surface area contributed by atoms with Crippen molar-refractivity contribution in [3.8, 4) is 6.07 Å². The first-order valence-corrected chi connectivity index (χ1v) is 9.10. The van der Waals surface area contributed by atoms with Crippen molar-refractivity contribution in [2.24, 2.45) is 0 Å². The lowest BCUT2D eigenvalue weighted by atomic mass is 10.0. The van der Waals surface area contributed by atoms with Crippen LogP contribution in [0.15, 0.2) is 75.3 Å². The normalized spacial score (nSPS) is 11.5. The maximum absolute atomic E-state index is 10.8. The van der Waals surface area contributed by atoms with E-state index < -0.39 is 5.97 Å². The first-order chi connectivity index (χ1) is 13.6. The summed E-state index contributed by atoms with van der Waals surface area (Å²) < 4.78 is 5.77. The molecule has 6 nitrogen and oxygen atoms in total. The smallest absolute Gasteiger partial charge is 0.174 e. The second-order valence-electron chi connectivity index (χ2n) is 5.85. The van der Waals surface area contributed by atoms with Gasteiger partial charge in [0, 0.05) is 0 Å². The van der Waals surface area contributed by atoms with Crippen LogP contribution < -0.4 is 5.11 Å². The molecule has 0 atom stereocenters. The van der Waals surface area contributed by atoms with Crippen LogP contribution >= 0.6 is 11.8 Å². The van der Waals surface area contributed by atoms with Crippen molar-refractivity contribution >= 4 is 40.4 Å². The second kappa shape index (κ2) is 7.47. The molecule has 0 saturated heterocycles. The Hall–Kier alpha value is -3.76. The quantitative estimate of drug-likeness (QED) is 0.524. The molecule has 0 radical (unpaired) electrons. The fourth-order valence-electron chi connectivity index (χ4n) is 2.65. The van der Waals surface area contributed by atoms with E-state index >= 15 is 0 Å². The molecule has 0 bridgehead atoms. The number of hydrogen-bond donors (Lipinski definition) is 1. The minimum atomic E-state index is -1.26. The van der Waals surface area contributed by atoms with Crippen molar-refractivity contribution in [2.45, 2.75) is 10.2 Å². The molecular formula is C21H12N3O3S-. The lowest BCUT2D eigenvalue weighted by Gasteiger charge is -2.03. The van der Waals surface area contributed by atoms with Crippen molar-refractivity contribution in [2.75, 3.05) is 0 Å². The van der Waals surface area contributed by atoms with Crippen LogP contribution in [0.25, 0.3) is 22.7 Å². The van der Waals surface area contributed by atoms with Gasteiger partial charge in [-0.25, -0.2) is 4.98 Å². The van der Waals surface area contributed by atoms with Gasteiger partial charge in [-0.1, -0.05) is 36.4 Å². The van der Waals surface area contributed by atoms with Crippen molar-refractivity contribution in [1.29, 1.82) is 5.26 Å². The van der Waals surface area contributed by atoms with E-state index in [2.05, 4.69) is 16.0 Å². The number of fused-ring (bicyclic) bond motifs is 1. The number of nitriles is 1. The molecule has 7 heteroatoms. The summed E-state index contributed by atoms with van der Waals surface area (Å²) in [6, 6.07) is 19.3. The second-order valence-corrected chi connectivity index (χ2v) is 6.85. The number of allylic oxidation sites excluding steroid dienone is 1. The first kappa shape index (κ1) is 17.6. The predicted octanol–water partition coefficient (Wildman–Crippen LogP) is 3.73. The number of hydrogen-bond acceptors (Lipinski definition) is 6. The number of aromatic amines is 1. The van der Waals surface area contributed by atoms with E-state index in [-0.39, 0.29) is 5.56 Å². The van der Waals surface area contributed by atoms with E-state index in [4.69, 9.17) is 4.42 Å². The largest absolute Gasteiger partial charge is 0.545 e. The molecule has 0 amide bonds. The van der Waals surface area contributed by atoms with E-state index in [1.807, 2.05) is 24.3 Å². The maximum Gasteiger partial charge on any atom is 0.174 e. The highest BCUT2D eigenvalue weighted by Gasteiger charge is 2.09. The average molecular weight is 386 g/mol. The zero-order valence-corrected chi connectivity index (χ0v) is 15.2. The average Bonchev–Trinajstić information content (AvgIpc) is 3.32. The monoisotopic (exact) mass is 386 g/mol. The first-order valence-electron chi connectivity index (χ1n) is 8.28. The van der Waals surface area contributed by atoms with E-state index in [0.29, 0.717) is 27.1 Å². The van der Waals surface area contributed by atoms with Gasteiger partial charge in [-0.15, -0.1) is 0 Å². The van der Waals surface area contributed by atoms with Gasteiger partial charge in [0.05, 0.1) is 28.6 Å². The number of carbonyl (C=O) groups is 1. The molecule has 136 valence electrons. The maximum atomic E-state index is 10.8. The number of nitrogens with one attached hydrogen (secondary N) is 1. The topological polar surface area (TPSA) is 106 Å². The zero-order chi connectivity index (χ0) is 19.5. The van der Waals surface area contributed by atoms with Gasteiger partial charge in [0.15, 0.2) is 10.2 Å². The number of carboxylic acid groups (broad SMARTS) is 1. The van der Waals surface area contributed by atoms with Gasteiger partial charge in [-0.2, -0.15) is 5.26 Å². The molecule has 0 saturated carbocycles. The fraction of sp³-hybridized carbons (Fsp3) is 0. The standard InChI is InChI=1S/C21H13N3O3S/c22-12-15(13-5-7-14(8-6-13)20(25)26)11-16-9-10-19(27-16)28-21-23-17-3-1-2-4-18(17)24-21/h1-11H,(H,23,24)(H,25,26)/p-1/b15-11-. The molecule has 4 rings (SSSR count). The highest BCUT2D eigenvalue weighted by molar-refractivity contribution is 7.99. The van der Waals surface area contributed by atoms with E-state index in [0.717, 1.165) is 11.0 Å². The number of nitrogens with zero attached hydrogens (tertiary/aromatic N) is 2. The summed E-state index contributed by atoms with van der Waals surface area (Å²) in [5.74, 6) is -0.744. The number of carbonyl (C=O) groups excluding carboxylic acids is 1. The molecule has 2 aromatic heterocycles. The number of H-pyrrole nitrogens is 1. The fourth-order valence-corrected chi connectivity index (χ4v) is 3.42. The summed E-state index contributed by atoms with van der Waals surface area (Å²) in [6.45, 7) is 0. The third-order valence-corrected chi connectivity index (χ3v) is 4.81. The predicted molar refractivity (Wildman–Crippen MR) is 103 cm³/mol. The van der Waals surface area contributed by atoms with Gasteiger partial charge in [0.25, 0.3) is 0 Å². The molecule has 0 aliphatic carbocycles. The number of imidazole rings is 1. The van der Waals surface area contributed by atoms with E-state index in [9.17, 15) is 15.2 Å². The molecule has 0 fully saturated rings. The number of furan rings is 1. The third kappa shape index (κ3) is 3.68. The van der Waals surface area contributed by atoms with Crippen LogP contribution in [-0.2, 0) is 0 Å². The summed E-state index contributed by atoms with van der Waals surface area (Å²) in [7, 11) is 0. The Balaban J connectivity index is 1.55. The number of aromatic carboxylic acids is 1. The Kier molecular flexibility index (Phi) is 4.70. The number of benzene rings is 2. The zero-order valence-electron chi connectivity index (χ0n) is 14.4. The minimum absolute atomic E-state index is 0.0589. The lowest BCUT2D eigenvalue weighted by Crippen LogP contribution is -2.21. The van der Waals surface area contributed by atoms with Crippen molar-refractivity contribution in [3.05, 3.63) is 77.6 Å². The summed E-state index contributed by atoms with van der Waals surface area (Å²) in [5, 5.41) is 21.6. The summed E-state index contributed by atoms with van der Waals surface area (Å²) in [5.41, 5.74) is 2.84. The van der Waals surface area contributed by atoms with Gasteiger partial charge < -0.3 is 19.3 Å². The minimum Gasteiger partial charge on any atom is -0.545 e. The molecule has 2 heterocycles. The highest BCUT2D eigenvalue weighted by Crippen LogP contribution is 2.30. The van der Waals surface area contributed by atoms with Gasteiger partial charge in [-0.05, 0) is 53.2 Å². The van der Waals surface area contributed by atoms with Crippen molar-refractivity contribution in [1.82, 2.24) is 9.97 Å². The van der Waals surface area contributed by atoms with Gasteiger partial charge in [0.2, 0.25) is 0 Å². The molecule has 0 spiro atoms. The lowest BCUT2D eigenvalue weighted by molar-refractivity contribution is -0.255. The molecule has 0 aliphatic rings. The Morgan fingerprint density at radius 1 is 1.11 bits per heavy atom. The molecule has 0 unspecified atom stereocenters. The van der Waals surface area contributed by atoms with E-state index in [1.54, 1.807) is 30.3 Å². The molecular weight excluding hydrogens is 374 g/mol. The van der Waals surface area contributed by atoms with Crippen LogP contribution in [0.4, 0.5) is 0 Å². The Bertz CT molecular complexity index is 1200. The van der Waals surface area contributed by atoms with Gasteiger partial charge in [0.1, 0.15) is 5.76 Å². The highest BCUT2D eigenvalue weighted by atomic mass is 32.2. The summed E-state index contributed by atoms with van der Waals surface area (Å²) >= 11 is 1.35. The van der Waals surface area contributed by atoms with Crippen LogP contribution in [0.1, 0.15) is 21.7 Å². The Morgan fingerprint density at radius 3 is 2.57 bits per heavy atom. The summed E-state index contributed by atoms with van der Waals surface area (Å²) in [6.07, 6.45) is 1.61. The summed E-state index contributed by atoms with van der Waals surface area (Å²) in [4.78, 5) is 18.5. The van der Waals surface area contributed by atoms with Crippen molar-refractivity contribution < 1.29 is 14.3 Å².